The first kappa shape index (κ1) is 23.7. The van der Waals surface area contributed by atoms with Crippen molar-refractivity contribution in [2.24, 2.45) is 34.5 Å². The number of carbonyl (C=O) groups is 2. The maximum Gasteiger partial charge on any atom is 0.224 e. The van der Waals surface area contributed by atoms with Gasteiger partial charge in [0.05, 0.1) is 37.3 Å². The first-order valence-corrected chi connectivity index (χ1v) is 12.9. The summed E-state index contributed by atoms with van der Waals surface area (Å²) in [4.78, 5) is 27.5. The van der Waals surface area contributed by atoms with Crippen molar-refractivity contribution in [3.05, 3.63) is 47.6 Å². The highest BCUT2D eigenvalue weighted by Gasteiger charge is 2.74. The number of ether oxygens (including phenoxy) is 2. The van der Waals surface area contributed by atoms with E-state index in [1.165, 1.54) is 0 Å². The van der Waals surface area contributed by atoms with E-state index in [0.29, 0.717) is 37.2 Å². The smallest absolute Gasteiger partial charge is 0.224 e. The molecule has 0 heterocycles. The van der Waals surface area contributed by atoms with Crippen molar-refractivity contribution in [2.75, 3.05) is 14.2 Å². The van der Waals surface area contributed by atoms with Crippen LogP contribution < -0.4 is 14.8 Å². The lowest BCUT2D eigenvalue weighted by molar-refractivity contribution is -0.141. The van der Waals surface area contributed by atoms with Crippen LogP contribution in [0.3, 0.4) is 0 Å². The van der Waals surface area contributed by atoms with Gasteiger partial charge >= 0.3 is 0 Å². The molecule has 1 amide bonds. The molecule has 8 atom stereocenters. The average molecular weight is 494 g/mol. The Morgan fingerprint density at radius 1 is 1.28 bits per heavy atom. The molecule has 1 unspecified atom stereocenters. The van der Waals surface area contributed by atoms with Gasteiger partial charge in [-0.3, -0.25) is 9.59 Å². The third-order valence-corrected chi connectivity index (χ3v) is 10.4. The molecule has 4 saturated carbocycles. The molecule has 7 heteroatoms. The van der Waals surface area contributed by atoms with Crippen LogP contribution in [0.15, 0.2) is 42.0 Å². The minimum atomic E-state index is -0.997. The predicted molar refractivity (Wildman–Crippen MR) is 132 cm³/mol. The van der Waals surface area contributed by atoms with E-state index in [-0.39, 0.29) is 36.0 Å². The maximum atomic E-state index is 14.2. The van der Waals surface area contributed by atoms with Crippen LogP contribution in [0.5, 0.6) is 11.5 Å². The zero-order valence-electron chi connectivity index (χ0n) is 21.2. The molecule has 4 fully saturated rings. The topological polar surface area (TPSA) is 105 Å². The molecule has 0 aliphatic heterocycles. The number of Topliss-reactive ketones (excluding diaryl/α,β-unsaturated/α-hetero) is 1. The number of methoxy groups -OCH3 is 2. The fraction of sp³-hybridized carbons (Fsp3) is 0.586. The molecular weight excluding hydrogens is 458 g/mol. The Morgan fingerprint density at radius 3 is 2.78 bits per heavy atom. The van der Waals surface area contributed by atoms with Crippen molar-refractivity contribution in [3.8, 4) is 11.5 Å². The number of ketones is 1. The molecule has 0 saturated heterocycles. The molecule has 0 radical (unpaired) electrons. The number of allylic oxidation sites excluding steroid dienone is 1. The van der Waals surface area contributed by atoms with Crippen molar-refractivity contribution in [1.82, 2.24) is 5.32 Å². The first-order chi connectivity index (χ1) is 17.1. The van der Waals surface area contributed by atoms with Crippen molar-refractivity contribution < 1.29 is 29.3 Å². The highest BCUT2D eigenvalue weighted by molar-refractivity contribution is 5.92. The normalized spacial score (nSPS) is 42.0. The van der Waals surface area contributed by atoms with E-state index < -0.39 is 28.5 Å². The van der Waals surface area contributed by atoms with Gasteiger partial charge in [-0.25, -0.2) is 0 Å². The lowest BCUT2D eigenvalue weighted by Gasteiger charge is -2.43. The molecule has 36 heavy (non-hydrogen) atoms. The predicted octanol–water partition coefficient (Wildman–Crippen LogP) is 2.94. The average Bonchev–Trinajstić information content (AvgIpc) is 3.30. The number of carbonyl (C=O) groups excluding carboxylic acids is 2. The van der Waals surface area contributed by atoms with E-state index in [1.807, 2.05) is 19.1 Å². The standard InChI is InChI=1S/C29H35NO6/c1-15-12-28-14-29(15,34)8-7-20(28)19-9-17-10-22(31)27(2,25(17)32)23(19)24(28)26(33)30-13-16-5-6-18(35-3)11-21(16)36-4/h5-6,9,11,17,20,23-25,32,34H,1,7-8,10,12-14H2,2-4H3,(H,30,33)/t17-,20-,23?,24+,25-,27-,28-,29-/m0/s1. The van der Waals surface area contributed by atoms with Gasteiger partial charge in [0.2, 0.25) is 5.91 Å². The van der Waals surface area contributed by atoms with Crippen LogP contribution in [0.1, 0.15) is 44.6 Å². The fourth-order valence-electron chi connectivity index (χ4n) is 8.68. The highest BCUT2D eigenvalue weighted by Crippen LogP contribution is 2.74. The number of aliphatic hydroxyl groups is 2. The van der Waals surface area contributed by atoms with Gasteiger partial charge in [0, 0.05) is 36.4 Å². The fourth-order valence-corrected chi connectivity index (χ4v) is 8.68. The molecule has 0 aromatic heterocycles. The van der Waals surface area contributed by atoms with E-state index in [0.717, 1.165) is 23.1 Å². The number of fused-ring (bicyclic) bond motifs is 6. The molecule has 1 aromatic rings. The molecule has 1 aromatic carbocycles. The van der Waals surface area contributed by atoms with Gasteiger partial charge in [0.15, 0.2) is 0 Å². The van der Waals surface area contributed by atoms with Crippen LogP contribution in [0, 0.1) is 34.5 Å². The van der Waals surface area contributed by atoms with Gasteiger partial charge in [-0.2, -0.15) is 0 Å². The van der Waals surface area contributed by atoms with Gasteiger partial charge < -0.3 is 25.0 Å². The lowest BCUT2D eigenvalue weighted by Crippen LogP contribution is -2.51. The van der Waals surface area contributed by atoms with Gasteiger partial charge in [0.1, 0.15) is 17.3 Å². The summed E-state index contributed by atoms with van der Waals surface area (Å²) in [5, 5.41) is 25.8. The van der Waals surface area contributed by atoms with E-state index in [9.17, 15) is 19.8 Å². The first-order valence-electron chi connectivity index (χ1n) is 12.9. The van der Waals surface area contributed by atoms with E-state index in [2.05, 4.69) is 18.0 Å². The summed E-state index contributed by atoms with van der Waals surface area (Å²) < 4.78 is 10.8. The summed E-state index contributed by atoms with van der Waals surface area (Å²) in [5.74, 6) is 0.174. The number of hydrogen-bond donors (Lipinski definition) is 3. The van der Waals surface area contributed by atoms with Gasteiger partial charge in [-0.05, 0) is 61.6 Å². The number of amides is 1. The zero-order valence-corrected chi connectivity index (χ0v) is 21.2. The van der Waals surface area contributed by atoms with Crippen molar-refractivity contribution in [1.29, 1.82) is 0 Å². The quantitative estimate of drug-likeness (QED) is 0.545. The molecule has 7 nitrogen and oxygen atoms in total. The summed E-state index contributed by atoms with van der Waals surface area (Å²) in [6.07, 6.45) is 4.07. The van der Waals surface area contributed by atoms with Gasteiger partial charge in [-0.15, -0.1) is 0 Å². The Balaban J connectivity index is 1.40. The lowest BCUT2D eigenvalue weighted by atomic mass is 9.60. The number of rotatable bonds is 5. The Labute approximate surface area is 211 Å². The van der Waals surface area contributed by atoms with Crippen LogP contribution in [0.25, 0.3) is 0 Å². The Morgan fingerprint density at radius 2 is 2.06 bits per heavy atom. The summed E-state index contributed by atoms with van der Waals surface area (Å²) in [6.45, 7) is 6.33. The van der Waals surface area contributed by atoms with Crippen LogP contribution in [0.4, 0.5) is 0 Å². The van der Waals surface area contributed by atoms with E-state index in [1.54, 1.807) is 20.3 Å². The minimum Gasteiger partial charge on any atom is -0.497 e. The molecule has 5 aliphatic carbocycles. The van der Waals surface area contributed by atoms with Crippen molar-refractivity contribution >= 4 is 11.7 Å². The molecule has 1 spiro atoms. The van der Waals surface area contributed by atoms with Crippen molar-refractivity contribution in [2.45, 2.75) is 57.3 Å². The molecular formula is C29H35NO6. The summed E-state index contributed by atoms with van der Waals surface area (Å²) in [7, 11) is 3.17. The monoisotopic (exact) mass is 493 g/mol. The second kappa shape index (κ2) is 7.68. The number of benzene rings is 1. The third kappa shape index (κ3) is 2.87. The zero-order chi connectivity index (χ0) is 25.6. The van der Waals surface area contributed by atoms with Crippen LogP contribution in [-0.2, 0) is 16.1 Å². The highest BCUT2D eigenvalue weighted by atomic mass is 16.5. The van der Waals surface area contributed by atoms with Crippen LogP contribution in [0.2, 0.25) is 0 Å². The summed E-state index contributed by atoms with van der Waals surface area (Å²) in [6, 6.07) is 5.48. The largest absolute Gasteiger partial charge is 0.497 e. The Hall–Kier alpha value is -2.64. The van der Waals surface area contributed by atoms with E-state index in [4.69, 9.17) is 9.47 Å². The second-order valence-electron chi connectivity index (χ2n) is 11.8. The molecule has 4 bridgehead atoms. The third-order valence-electron chi connectivity index (χ3n) is 10.4. The SMILES string of the molecule is C=C1C[C@]23C[C@@]1(O)CC[C@H]2C1=C[C@H]2CC(=O)[C@@](C)(C1[C@@H]3C(=O)NCc1ccc(OC)cc1OC)[C@H]2O. The Kier molecular flexibility index (Phi) is 5.07. The number of hydrogen-bond acceptors (Lipinski definition) is 6. The van der Waals surface area contributed by atoms with Gasteiger partial charge in [0.25, 0.3) is 0 Å². The summed E-state index contributed by atoms with van der Waals surface area (Å²) in [5.41, 5.74) is 0.298. The van der Waals surface area contributed by atoms with Crippen LogP contribution in [-0.4, -0.2) is 47.8 Å². The molecule has 192 valence electrons. The Bertz CT molecular complexity index is 1210. The van der Waals surface area contributed by atoms with Crippen molar-refractivity contribution in [3.63, 3.8) is 0 Å². The van der Waals surface area contributed by atoms with E-state index >= 15 is 0 Å². The minimum absolute atomic E-state index is 0.0352. The molecule has 5 aliphatic rings. The van der Waals surface area contributed by atoms with Gasteiger partial charge in [-0.1, -0.05) is 18.2 Å². The van der Waals surface area contributed by atoms with Crippen LogP contribution >= 0.6 is 0 Å². The maximum absolute atomic E-state index is 14.2. The molecule has 6 rings (SSSR count). The molecule has 3 N–H and O–H groups in total. The number of aliphatic hydroxyl groups excluding tert-OH is 1. The second-order valence-corrected chi connectivity index (χ2v) is 11.8. The summed E-state index contributed by atoms with van der Waals surface area (Å²) >= 11 is 0. The number of nitrogens with one attached hydrogen (secondary N) is 1.